The van der Waals surface area contributed by atoms with Crippen molar-refractivity contribution in [2.45, 2.75) is 32.0 Å². The van der Waals surface area contributed by atoms with Crippen LogP contribution in [0.2, 0.25) is 0 Å². The Balaban J connectivity index is 1.22. The predicted octanol–water partition coefficient (Wildman–Crippen LogP) is 0.758. The molecule has 3 aliphatic rings. The predicted molar refractivity (Wildman–Crippen MR) is 152 cm³/mol. The van der Waals surface area contributed by atoms with Crippen LogP contribution in [0.3, 0.4) is 0 Å². The number of morpholine rings is 1. The van der Waals surface area contributed by atoms with Crippen LogP contribution >= 0.6 is 0 Å². The summed E-state index contributed by atoms with van der Waals surface area (Å²) in [6, 6.07) is 8.58. The van der Waals surface area contributed by atoms with E-state index in [1.807, 2.05) is 18.2 Å². The number of aromatic nitrogens is 6. The number of nitrogens with zero attached hydrogens (tertiary/aromatic N) is 9. The van der Waals surface area contributed by atoms with Gasteiger partial charge in [-0.25, -0.2) is 9.97 Å². The summed E-state index contributed by atoms with van der Waals surface area (Å²) in [4.78, 5) is 38.6. The van der Waals surface area contributed by atoms with E-state index in [0.717, 1.165) is 105 Å². The molecule has 1 unspecified atom stereocenters. The second-order valence-electron chi connectivity index (χ2n) is 11.0. The first-order valence-electron chi connectivity index (χ1n) is 14.3. The topological polar surface area (TPSA) is 109 Å². The molecule has 40 heavy (non-hydrogen) atoms. The molecule has 210 valence electrons. The van der Waals surface area contributed by atoms with Crippen molar-refractivity contribution in [1.29, 1.82) is 0 Å². The summed E-state index contributed by atoms with van der Waals surface area (Å²) in [5.41, 5.74) is 3.61. The average Bonchev–Trinajstić information content (AvgIpc) is 3.51. The van der Waals surface area contributed by atoms with Gasteiger partial charge in [-0.2, -0.15) is 9.97 Å². The number of piperazine rings is 1. The van der Waals surface area contributed by atoms with Crippen molar-refractivity contribution in [1.82, 2.24) is 44.2 Å². The molecule has 3 fully saturated rings. The molecule has 3 saturated heterocycles. The van der Waals surface area contributed by atoms with E-state index in [1.165, 1.54) is 0 Å². The maximum Gasteiger partial charge on any atom is 0.239 e. The van der Waals surface area contributed by atoms with Gasteiger partial charge in [-0.15, -0.1) is 0 Å². The highest BCUT2D eigenvalue weighted by Gasteiger charge is 2.35. The summed E-state index contributed by atoms with van der Waals surface area (Å²) < 4.78 is 9.86. The van der Waals surface area contributed by atoms with E-state index in [9.17, 15) is 4.79 Å². The van der Waals surface area contributed by atoms with Crippen LogP contribution in [-0.4, -0.2) is 116 Å². The molecular weight excluding hydrogens is 508 g/mol. The van der Waals surface area contributed by atoms with Gasteiger partial charge >= 0.3 is 0 Å². The van der Waals surface area contributed by atoms with Crippen LogP contribution in [0.5, 0.6) is 0 Å². The van der Waals surface area contributed by atoms with E-state index in [-0.39, 0.29) is 6.04 Å². The van der Waals surface area contributed by atoms with Gasteiger partial charge in [0.25, 0.3) is 0 Å². The zero-order chi connectivity index (χ0) is 27.2. The molecule has 0 bridgehead atoms. The normalized spacial score (nSPS) is 21.4. The fraction of sp³-hybridized carbons (Fsp3) is 0.536. The first-order valence-corrected chi connectivity index (χ1v) is 14.3. The summed E-state index contributed by atoms with van der Waals surface area (Å²) >= 11 is 0. The summed E-state index contributed by atoms with van der Waals surface area (Å²) in [5, 5.41) is 3.27. The Morgan fingerprint density at radius 3 is 2.65 bits per heavy atom. The van der Waals surface area contributed by atoms with Crippen LogP contribution in [0.15, 0.2) is 24.3 Å². The minimum Gasteiger partial charge on any atom is -0.378 e. The number of carbonyl (C=O) groups is 1. The minimum absolute atomic E-state index is 0.0603. The molecule has 12 heteroatoms. The first-order chi connectivity index (χ1) is 19.6. The Bertz CT molecular complexity index is 1540. The number of ether oxygens (including phenoxy) is 1. The smallest absolute Gasteiger partial charge is 0.239 e. The highest BCUT2D eigenvalue weighted by Crippen LogP contribution is 2.29. The summed E-state index contributed by atoms with van der Waals surface area (Å²) in [7, 11) is 2.06. The molecule has 1 aromatic carbocycles. The van der Waals surface area contributed by atoms with Crippen molar-refractivity contribution in [3.63, 3.8) is 0 Å². The van der Waals surface area contributed by atoms with Crippen molar-refractivity contribution in [2.75, 3.05) is 63.9 Å². The van der Waals surface area contributed by atoms with Crippen LogP contribution < -0.4 is 10.2 Å². The molecular formula is C28H36N10O2. The van der Waals surface area contributed by atoms with Crippen molar-refractivity contribution >= 4 is 34.3 Å². The molecule has 3 aromatic heterocycles. The number of imidazole rings is 2. The van der Waals surface area contributed by atoms with Crippen LogP contribution in [0.25, 0.3) is 28.1 Å². The zero-order valence-electron chi connectivity index (χ0n) is 23.2. The molecule has 0 spiro atoms. The zero-order valence-corrected chi connectivity index (χ0v) is 23.2. The van der Waals surface area contributed by atoms with Crippen molar-refractivity contribution in [3.05, 3.63) is 35.9 Å². The number of hydrogen-bond acceptors (Lipinski definition) is 10. The van der Waals surface area contributed by atoms with Gasteiger partial charge in [0.2, 0.25) is 5.95 Å². The Morgan fingerprint density at radius 1 is 1.02 bits per heavy atom. The van der Waals surface area contributed by atoms with Gasteiger partial charge in [0.05, 0.1) is 36.8 Å². The third-order valence-corrected chi connectivity index (χ3v) is 8.46. The van der Waals surface area contributed by atoms with Crippen LogP contribution in [0, 0.1) is 0 Å². The Hall–Kier alpha value is -3.45. The molecule has 1 N–H and O–H groups in total. The lowest BCUT2D eigenvalue weighted by Gasteiger charge is -2.47. The number of fused-ring (bicyclic) bond motifs is 2. The molecule has 3 aliphatic heterocycles. The van der Waals surface area contributed by atoms with E-state index >= 15 is 0 Å². The van der Waals surface area contributed by atoms with Gasteiger partial charge in [-0.05, 0) is 12.1 Å². The van der Waals surface area contributed by atoms with Crippen molar-refractivity contribution in [2.24, 2.45) is 7.05 Å². The highest BCUT2D eigenvalue weighted by molar-refractivity contribution is 5.86. The standard InChI is InChI=1S/C28H36N10O2/c1-3-23-30-21-6-4-5-7-22(21)38(23)28-32-26-25(27(33-28)36-10-12-40-13-11-36)31-24(34(26)2)17-35-15-20(16-35)37-9-8-29-19(14-37)18-39/h4-7,18-20,29H,3,8-17H2,1-2H3. The summed E-state index contributed by atoms with van der Waals surface area (Å²) in [5.74, 6) is 3.40. The Kier molecular flexibility index (Phi) is 6.70. The van der Waals surface area contributed by atoms with E-state index < -0.39 is 0 Å². The monoisotopic (exact) mass is 544 g/mol. The molecule has 4 aromatic rings. The lowest BCUT2D eigenvalue weighted by Crippen LogP contribution is -2.64. The third kappa shape index (κ3) is 4.44. The van der Waals surface area contributed by atoms with Gasteiger partial charge in [0.15, 0.2) is 17.0 Å². The summed E-state index contributed by atoms with van der Waals surface area (Å²) in [6.07, 6.45) is 1.80. The number of hydrogen-bond donors (Lipinski definition) is 1. The molecule has 0 aliphatic carbocycles. The van der Waals surface area contributed by atoms with Gasteiger partial charge in [0, 0.05) is 65.3 Å². The number of aryl methyl sites for hydroxylation is 2. The maximum absolute atomic E-state index is 11.3. The van der Waals surface area contributed by atoms with E-state index in [1.54, 1.807) is 0 Å². The van der Waals surface area contributed by atoms with Crippen molar-refractivity contribution in [3.8, 4) is 5.95 Å². The van der Waals surface area contributed by atoms with Gasteiger partial charge in [-0.3, -0.25) is 14.4 Å². The Labute approximate surface area is 232 Å². The third-order valence-electron chi connectivity index (χ3n) is 8.46. The molecule has 0 saturated carbocycles. The fourth-order valence-electron chi connectivity index (χ4n) is 6.18. The van der Waals surface area contributed by atoms with E-state index in [0.29, 0.717) is 25.2 Å². The average molecular weight is 545 g/mol. The van der Waals surface area contributed by atoms with Gasteiger partial charge in [-0.1, -0.05) is 19.1 Å². The number of nitrogens with one attached hydrogen (secondary N) is 1. The second-order valence-corrected chi connectivity index (χ2v) is 11.0. The van der Waals surface area contributed by atoms with Crippen LogP contribution in [-0.2, 0) is 29.5 Å². The largest absolute Gasteiger partial charge is 0.378 e. The van der Waals surface area contributed by atoms with E-state index in [2.05, 4.69) is 49.2 Å². The number of carbonyl (C=O) groups excluding carboxylic acids is 1. The molecule has 12 nitrogen and oxygen atoms in total. The lowest BCUT2D eigenvalue weighted by molar-refractivity contribution is -0.111. The first kappa shape index (κ1) is 25.5. The highest BCUT2D eigenvalue weighted by atomic mass is 16.5. The SMILES string of the molecule is CCc1nc2ccccc2n1-c1nc(N2CCOCC2)c2nc(CN3CC(N4CCNC(C=O)C4)C3)n(C)c2n1. The minimum atomic E-state index is -0.0603. The summed E-state index contributed by atoms with van der Waals surface area (Å²) in [6.45, 7) is 10.3. The number of likely N-dealkylation sites (tertiary alicyclic amines) is 1. The number of para-hydroxylation sites is 2. The Morgan fingerprint density at radius 2 is 1.85 bits per heavy atom. The molecule has 0 radical (unpaired) electrons. The maximum atomic E-state index is 11.3. The van der Waals surface area contributed by atoms with Crippen LogP contribution in [0.1, 0.15) is 18.6 Å². The number of anilines is 1. The van der Waals surface area contributed by atoms with Crippen molar-refractivity contribution < 1.29 is 9.53 Å². The molecule has 6 heterocycles. The quantitative estimate of drug-likeness (QED) is 0.335. The van der Waals surface area contributed by atoms with Gasteiger partial charge < -0.3 is 24.3 Å². The number of benzene rings is 1. The number of aldehydes is 1. The molecule has 1 atom stereocenters. The van der Waals surface area contributed by atoms with E-state index in [4.69, 9.17) is 24.7 Å². The second kappa shape index (κ2) is 10.5. The van der Waals surface area contributed by atoms with Gasteiger partial charge in [0.1, 0.15) is 17.9 Å². The lowest BCUT2D eigenvalue weighted by atomic mass is 10.0. The molecule has 0 amide bonds. The number of rotatable bonds is 7. The fourth-order valence-corrected chi connectivity index (χ4v) is 6.18. The molecule has 7 rings (SSSR count). The van der Waals surface area contributed by atoms with Crippen LogP contribution in [0.4, 0.5) is 5.82 Å².